The second-order valence-electron chi connectivity index (χ2n) is 3.95. The molecule has 2 aromatic rings. The van der Waals surface area contributed by atoms with Crippen molar-refractivity contribution in [2.75, 3.05) is 5.73 Å². The van der Waals surface area contributed by atoms with Crippen LogP contribution in [-0.4, -0.2) is 14.8 Å². The van der Waals surface area contributed by atoms with Gasteiger partial charge in [0.05, 0.1) is 5.69 Å². The molecule has 0 aliphatic rings. The molecule has 0 saturated carbocycles. The molecule has 0 atom stereocenters. The van der Waals surface area contributed by atoms with Crippen molar-refractivity contribution in [2.45, 2.75) is 33.2 Å². The molecule has 0 fully saturated rings. The van der Waals surface area contributed by atoms with Gasteiger partial charge in [0.15, 0.2) is 0 Å². The van der Waals surface area contributed by atoms with Gasteiger partial charge in [-0.25, -0.2) is 4.98 Å². The van der Waals surface area contributed by atoms with Gasteiger partial charge in [-0.1, -0.05) is 13.8 Å². The standard InChI is InChI=1S/C11H16N4/c1-4-15-10-8(5-6-13-11(10)12)9(14-15)7(2)3/h5-7H,4H2,1-3H3,(H2,12,13). The van der Waals surface area contributed by atoms with E-state index in [2.05, 4.69) is 30.9 Å². The van der Waals surface area contributed by atoms with Crippen LogP contribution in [-0.2, 0) is 6.54 Å². The Morgan fingerprint density at radius 1 is 1.47 bits per heavy atom. The molecular formula is C11H16N4. The van der Waals surface area contributed by atoms with Gasteiger partial charge in [-0.05, 0) is 18.9 Å². The Kier molecular flexibility index (Phi) is 2.34. The van der Waals surface area contributed by atoms with Crippen molar-refractivity contribution in [1.29, 1.82) is 0 Å². The third-order valence-corrected chi connectivity index (χ3v) is 2.56. The zero-order valence-corrected chi connectivity index (χ0v) is 9.36. The topological polar surface area (TPSA) is 56.7 Å². The predicted molar refractivity (Wildman–Crippen MR) is 61.7 cm³/mol. The summed E-state index contributed by atoms with van der Waals surface area (Å²) in [5.74, 6) is 0.968. The molecule has 0 spiro atoms. The molecule has 0 unspecified atom stereocenters. The van der Waals surface area contributed by atoms with Crippen molar-refractivity contribution in [3.8, 4) is 0 Å². The molecule has 0 amide bonds. The largest absolute Gasteiger partial charge is 0.382 e. The molecule has 4 heteroatoms. The summed E-state index contributed by atoms with van der Waals surface area (Å²) in [7, 11) is 0. The van der Waals surface area contributed by atoms with E-state index in [-0.39, 0.29) is 0 Å². The van der Waals surface area contributed by atoms with E-state index in [1.807, 2.05) is 10.7 Å². The van der Waals surface area contributed by atoms with Gasteiger partial charge >= 0.3 is 0 Å². The monoisotopic (exact) mass is 204 g/mol. The molecule has 0 radical (unpaired) electrons. The number of aryl methyl sites for hydroxylation is 1. The van der Waals surface area contributed by atoms with Crippen LogP contribution in [0.15, 0.2) is 12.3 Å². The maximum absolute atomic E-state index is 5.87. The van der Waals surface area contributed by atoms with Crippen molar-refractivity contribution in [3.05, 3.63) is 18.0 Å². The SMILES string of the molecule is CCn1nc(C(C)C)c2ccnc(N)c21. The van der Waals surface area contributed by atoms with Crippen molar-refractivity contribution in [1.82, 2.24) is 14.8 Å². The zero-order chi connectivity index (χ0) is 11.0. The van der Waals surface area contributed by atoms with Crippen LogP contribution >= 0.6 is 0 Å². The number of pyridine rings is 1. The average molecular weight is 204 g/mol. The third-order valence-electron chi connectivity index (χ3n) is 2.56. The van der Waals surface area contributed by atoms with Gasteiger partial charge in [-0.15, -0.1) is 0 Å². The number of anilines is 1. The summed E-state index contributed by atoms with van der Waals surface area (Å²) in [5, 5.41) is 5.69. The molecule has 0 aromatic carbocycles. The fraction of sp³-hybridized carbons (Fsp3) is 0.455. The maximum atomic E-state index is 5.87. The van der Waals surface area contributed by atoms with Crippen molar-refractivity contribution < 1.29 is 0 Å². The lowest BCUT2D eigenvalue weighted by molar-refractivity contribution is 0.654. The highest BCUT2D eigenvalue weighted by Gasteiger charge is 2.14. The highest BCUT2D eigenvalue weighted by molar-refractivity contribution is 5.90. The molecular weight excluding hydrogens is 188 g/mol. The molecule has 0 aliphatic carbocycles. The fourth-order valence-electron chi connectivity index (χ4n) is 1.84. The van der Waals surface area contributed by atoms with E-state index in [0.29, 0.717) is 11.7 Å². The first-order valence-electron chi connectivity index (χ1n) is 5.26. The first-order valence-corrected chi connectivity index (χ1v) is 5.26. The smallest absolute Gasteiger partial charge is 0.149 e. The van der Waals surface area contributed by atoms with Gasteiger partial charge < -0.3 is 5.73 Å². The number of aromatic nitrogens is 3. The summed E-state index contributed by atoms with van der Waals surface area (Å²) in [6.07, 6.45) is 1.74. The van der Waals surface area contributed by atoms with Gasteiger partial charge in [-0.2, -0.15) is 5.10 Å². The lowest BCUT2D eigenvalue weighted by Crippen LogP contribution is -2.00. The quantitative estimate of drug-likeness (QED) is 0.815. The third kappa shape index (κ3) is 1.46. The van der Waals surface area contributed by atoms with E-state index in [1.54, 1.807) is 6.20 Å². The molecule has 0 saturated heterocycles. The summed E-state index contributed by atoms with van der Waals surface area (Å²) in [6.45, 7) is 7.15. The van der Waals surface area contributed by atoms with Crippen LogP contribution in [0.2, 0.25) is 0 Å². The number of nitrogen functional groups attached to an aromatic ring is 1. The van der Waals surface area contributed by atoms with Gasteiger partial charge in [0.2, 0.25) is 0 Å². The lowest BCUT2D eigenvalue weighted by atomic mass is 10.1. The minimum atomic E-state index is 0.405. The highest BCUT2D eigenvalue weighted by atomic mass is 15.3. The van der Waals surface area contributed by atoms with Crippen LogP contribution in [0, 0.1) is 0 Å². The van der Waals surface area contributed by atoms with Crippen LogP contribution in [0.3, 0.4) is 0 Å². The van der Waals surface area contributed by atoms with Crippen molar-refractivity contribution in [2.24, 2.45) is 0 Å². The Bertz CT molecular complexity index is 485. The average Bonchev–Trinajstić information content (AvgIpc) is 2.58. The Morgan fingerprint density at radius 2 is 2.20 bits per heavy atom. The van der Waals surface area contributed by atoms with Crippen molar-refractivity contribution in [3.63, 3.8) is 0 Å². The number of hydrogen-bond donors (Lipinski definition) is 1. The van der Waals surface area contributed by atoms with Crippen molar-refractivity contribution >= 4 is 16.7 Å². The molecule has 2 heterocycles. The van der Waals surface area contributed by atoms with E-state index >= 15 is 0 Å². The maximum Gasteiger partial charge on any atom is 0.149 e. The second-order valence-corrected chi connectivity index (χ2v) is 3.95. The Balaban J connectivity index is 2.81. The molecule has 15 heavy (non-hydrogen) atoms. The first kappa shape index (κ1) is 9.96. The molecule has 2 N–H and O–H groups in total. The van der Waals surface area contributed by atoms with Gasteiger partial charge in [-0.3, -0.25) is 4.68 Å². The number of fused-ring (bicyclic) bond motifs is 1. The van der Waals surface area contributed by atoms with Crippen LogP contribution < -0.4 is 5.73 Å². The van der Waals surface area contributed by atoms with E-state index in [0.717, 1.165) is 23.1 Å². The molecule has 80 valence electrons. The first-order chi connectivity index (χ1) is 7.15. The summed E-state index contributed by atoms with van der Waals surface area (Å²) in [4.78, 5) is 4.11. The summed E-state index contributed by atoms with van der Waals surface area (Å²) >= 11 is 0. The van der Waals surface area contributed by atoms with Gasteiger partial charge in [0.25, 0.3) is 0 Å². The van der Waals surface area contributed by atoms with E-state index < -0.39 is 0 Å². The number of rotatable bonds is 2. The Morgan fingerprint density at radius 3 is 2.80 bits per heavy atom. The zero-order valence-electron chi connectivity index (χ0n) is 9.36. The van der Waals surface area contributed by atoms with E-state index in [1.165, 1.54) is 0 Å². The summed E-state index contributed by atoms with van der Waals surface area (Å²) < 4.78 is 1.92. The van der Waals surface area contributed by atoms with Gasteiger partial charge in [0, 0.05) is 18.1 Å². The lowest BCUT2D eigenvalue weighted by Gasteiger charge is -2.00. The van der Waals surface area contributed by atoms with E-state index in [9.17, 15) is 0 Å². The van der Waals surface area contributed by atoms with Crippen LogP contribution in [0.25, 0.3) is 10.9 Å². The van der Waals surface area contributed by atoms with Crippen LogP contribution in [0.5, 0.6) is 0 Å². The van der Waals surface area contributed by atoms with E-state index in [4.69, 9.17) is 5.73 Å². The number of nitrogens with zero attached hydrogens (tertiary/aromatic N) is 3. The normalized spacial score (nSPS) is 11.5. The molecule has 2 aromatic heterocycles. The number of nitrogens with two attached hydrogens (primary N) is 1. The minimum absolute atomic E-state index is 0.405. The molecule has 4 nitrogen and oxygen atoms in total. The molecule has 0 aliphatic heterocycles. The number of hydrogen-bond acceptors (Lipinski definition) is 3. The Labute approximate surface area is 89.1 Å². The van der Waals surface area contributed by atoms with Gasteiger partial charge in [0.1, 0.15) is 11.3 Å². The molecule has 2 rings (SSSR count). The predicted octanol–water partition coefficient (Wildman–Crippen LogP) is 2.16. The minimum Gasteiger partial charge on any atom is -0.382 e. The summed E-state index contributed by atoms with van der Waals surface area (Å²) in [5.41, 5.74) is 7.93. The fourth-order valence-corrected chi connectivity index (χ4v) is 1.84. The summed E-state index contributed by atoms with van der Waals surface area (Å²) in [6, 6.07) is 1.99. The second kappa shape index (κ2) is 3.53. The highest BCUT2D eigenvalue weighted by Crippen LogP contribution is 2.26. The van der Waals surface area contributed by atoms with Crippen LogP contribution in [0.1, 0.15) is 32.4 Å². The molecule has 0 bridgehead atoms. The van der Waals surface area contributed by atoms with Crippen LogP contribution in [0.4, 0.5) is 5.82 Å². The Hall–Kier alpha value is -1.58.